The molecule has 0 fully saturated rings. The second-order valence-electron chi connectivity index (χ2n) is 7.07. The average Bonchev–Trinajstić information content (AvgIpc) is 2.55. The van der Waals surface area contributed by atoms with Crippen molar-refractivity contribution in [1.82, 2.24) is 9.55 Å². The number of H-pyrrole nitrogens is 1. The summed E-state index contributed by atoms with van der Waals surface area (Å²) in [5.74, 6) is 0.0298. The van der Waals surface area contributed by atoms with E-state index in [1.807, 2.05) is 13.8 Å². The Morgan fingerprint density at radius 3 is 2.56 bits per heavy atom. The second kappa shape index (κ2) is 8.99. The van der Waals surface area contributed by atoms with Crippen LogP contribution in [0.1, 0.15) is 26.7 Å². The first-order valence-corrected chi connectivity index (χ1v) is 10.9. The highest BCUT2D eigenvalue weighted by Gasteiger charge is 2.28. The van der Waals surface area contributed by atoms with Crippen LogP contribution in [0.25, 0.3) is 0 Å². The molecule has 148 valence electrons. The second-order valence-corrected chi connectivity index (χ2v) is 9.89. The Balaban J connectivity index is 1.85. The first kappa shape index (κ1) is 21.6. The molecular weight excluding hydrogens is 436 g/mol. The number of nitrogens with one attached hydrogen (secondary N) is 1. The van der Waals surface area contributed by atoms with Gasteiger partial charge in [0.1, 0.15) is 6.73 Å². The first-order chi connectivity index (χ1) is 12.6. The molecular formula is C18H23BrN2O5S. The van der Waals surface area contributed by atoms with Gasteiger partial charge in [-0.3, -0.25) is 14.3 Å². The monoisotopic (exact) mass is 458 g/mol. The topological polar surface area (TPSA) is 98.2 Å². The van der Waals surface area contributed by atoms with Crippen molar-refractivity contribution in [2.45, 2.75) is 38.3 Å². The van der Waals surface area contributed by atoms with Crippen LogP contribution in [0.3, 0.4) is 0 Å². The van der Waals surface area contributed by atoms with Crippen LogP contribution in [0, 0.1) is 5.41 Å². The standard InChI is InChI=1S/C18H23BrN2O5S/c1-18(2,12-27(24,25)15-7-4-3-6-14(15)19)9-5-11-26-13-21-10-8-16(22)20-17(21)23/h3-4,6-8,10H,5,9,11-13H2,1-2H3,(H,20,22,23). The summed E-state index contributed by atoms with van der Waals surface area (Å²) in [4.78, 5) is 25.0. The molecule has 1 aromatic heterocycles. The van der Waals surface area contributed by atoms with Gasteiger partial charge in [-0.15, -0.1) is 0 Å². The van der Waals surface area contributed by atoms with Crippen molar-refractivity contribution >= 4 is 25.8 Å². The van der Waals surface area contributed by atoms with Gasteiger partial charge in [-0.05, 0) is 46.3 Å². The summed E-state index contributed by atoms with van der Waals surface area (Å²) in [6, 6.07) is 8.05. The van der Waals surface area contributed by atoms with Crippen molar-refractivity contribution in [2.75, 3.05) is 12.4 Å². The maximum atomic E-state index is 12.7. The Hall–Kier alpha value is -1.71. The summed E-state index contributed by atoms with van der Waals surface area (Å²) < 4.78 is 32.6. The molecule has 0 aliphatic carbocycles. The SMILES string of the molecule is CC(C)(CCCOCn1ccc(=O)[nH]c1=O)CS(=O)(=O)c1ccccc1Br. The van der Waals surface area contributed by atoms with Gasteiger partial charge in [0.15, 0.2) is 9.84 Å². The third-order valence-corrected chi connectivity index (χ3v) is 7.16. The van der Waals surface area contributed by atoms with Crippen LogP contribution >= 0.6 is 15.9 Å². The van der Waals surface area contributed by atoms with Crippen LogP contribution in [-0.2, 0) is 21.3 Å². The van der Waals surface area contributed by atoms with E-state index in [0.29, 0.717) is 28.8 Å². The molecule has 1 heterocycles. The minimum Gasteiger partial charge on any atom is -0.361 e. The van der Waals surface area contributed by atoms with E-state index in [-0.39, 0.29) is 12.5 Å². The highest BCUT2D eigenvalue weighted by molar-refractivity contribution is 9.10. The zero-order valence-electron chi connectivity index (χ0n) is 15.3. The molecule has 1 N–H and O–H groups in total. The van der Waals surface area contributed by atoms with Crippen molar-refractivity contribution in [3.05, 3.63) is 61.8 Å². The molecule has 7 nitrogen and oxygen atoms in total. The summed E-state index contributed by atoms with van der Waals surface area (Å²) in [5, 5.41) is 0. The zero-order valence-corrected chi connectivity index (χ0v) is 17.7. The van der Waals surface area contributed by atoms with Gasteiger partial charge in [-0.1, -0.05) is 26.0 Å². The van der Waals surface area contributed by atoms with E-state index in [2.05, 4.69) is 20.9 Å². The smallest absolute Gasteiger partial charge is 0.330 e. The van der Waals surface area contributed by atoms with Crippen molar-refractivity contribution in [2.24, 2.45) is 5.41 Å². The molecule has 0 spiro atoms. The molecule has 0 radical (unpaired) electrons. The van der Waals surface area contributed by atoms with E-state index < -0.39 is 26.5 Å². The number of hydrogen-bond donors (Lipinski definition) is 1. The van der Waals surface area contributed by atoms with Gasteiger partial charge in [0.2, 0.25) is 0 Å². The predicted octanol–water partition coefficient (Wildman–Crippen LogP) is 2.55. The molecule has 1 aromatic carbocycles. The van der Waals surface area contributed by atoms with Crippen LogP contribution in [0.5, 0.6) is 0 Å². The van der Waals surface area contributed by atoms with Crippen molar-refractivity contribution in [1.29, 1.82) is 0 Å². The van der Waals surface area contributed by atoms with E-state index in [0.717, 1.165) is 0 Å². The molecule has 0 saturated heterocycles. The molecule has 0 aliphatic rings. The lowest BCUT2D eigenvalue weighted by atomic mass is 9.90. The number of halogens is 1. The number of aromatic amines is 1. The molecule has 0 unspecified atom stereocenters. The summed E-state index contributed by atoms with van der Waals surface area (Å²) in [7, 11) is -3.41. The van der Waals surface area contributed by atoms with E-state index in [9.17, 15) is 18.0 Å². The van der Waals surface area contributed by atoms with Crippen LogP contribution in [-0.4, -0.2) is 30.3 Å². The molecule has 2 aromatic rings. The van der Waals surface area contributed by atoms with Gasteiger partial charge in [0, 0.05) is 23.3 Å². The average molecular weight is 459 g/mol. The Kier molecular flexibility index (Phi) is 7.19. The number of benzene rings is 1. The summed E-state index contributed by atoms with van der Waals surface area (Å²) in [5.41, 5.74) is -1.40. The lowest BCUT2D eigenvalue weighted by molar-refractivity contribution is 0.0663. The van der Waals surface area contributed by atoms with Crippen LogP contribution in [0.2, 0.25) is 0 Å². The Morgan fingerprint density at radius 2 is 1.89 bits per heavy atom. The van der Waals surface area contributed by atoms with Crippen molar-refractivity contribution < 1.29 is 13.2 Å². The zero-order chi connectivity index (χ0) is 20.1. The van der Waals surface area contributed by atoms with Gasteiger partial charge in [-0.25, -0.2) is 13.2 Å². The molecule has 9 heteroatoms. The summed E-state index contributed by atoms with van der Waals surface area (Å²) in [6.45, 7) is 4.23. The number of ether oxygens (including phenoxy) is 1. The molecule has 2 rings (SSSR count). The van der Waals surface area contributed by atoms with Crippen LogP contribution in [0.4, 0.5) is 0 Å². The van der Waals surface area contributed by atoms with Crippen molar-refractivity contribution in [3.8, 4) is 0 Å². The minimum absolute atomic E-state index is 0.0298. The van der Waals surface area contributed by atoms with Gasteiger partial charge in [-0.2, -0.15) is 0 Å². The van der Waals surface area contributed by atoms with E-state index in [4.69, 9.17) is 4.74 Å². The van der Waals surface area contributed by atoms with E-state index in [1.54, 1.807) is 24.3 Å². The largest absolute Gasteiger partial charge is 0.361 e. The third-order valence-electron chi connectivity index (χ3n) is 4.02. The van der Waals surface area contributed by atoms with Crippen LogP contribution in [0.15, 0.2) is 55.5 Å². The van der Waals surface area contributed by atoms with E-state index >= 15 is 0 Å². The van der Waals surface area contributed by atoms with Gasteiger partial charge in [0.25, 0.3) is 5.56 Å². The normalized spacial score (nSPS) is 12.3. The Labute approximate surface area is 166 Å². The maximum Gasteiger partial charge on any atom is 0.330 e. The number of aromatic nitrogens is 2. The fraction of sp³-hybridized carbons (Fsp3) is 0.444. The fourth-order valence-corrected chi connectivity index (χ4v) is 5.73. The van der Waals surface area contributed by atoms with Crippen LogP contribution < -0.4 is 11.2 Å². The predicted molar refractivity (Wildman–Crippen MR) is 106 cm³/mol. The minimum atomic E-state index is -3.41. The third kappa shape index (κ3) is 6.44. The highest BCUT2D eigenvalue weighted by atomic mass is 79.9. The Bertz CT molecular complexity index is 995. The summed E-state index contributed by atoms with van der Waals surface area (Å²) in [6.07, 6.45) is 2.67. The Morgan fingerprint density at radius 1 is 1.19 bits per heavy atom. The highest BCUT2D eigenvalue weighted by Crippen LogP contribution is 2.30. The molecule has 0 bridgehead atoms. The van der Waals surface area contributed by atoms with Gasteiger partial charge < -0.3 is 4.74 Å². The number of rotatable bonds is 9. The first-order valence-electron chi connectivity index (χ1n) is 8.46. The van der Waals surface area contributed by atoms with Gasteiger partial charge in [0.05, 0.1) is 10.6 Å². The van der Waals surface area contributed by atoms with E-state index in [1.165, 1.54) is 16.8 Å². The lowest BCUT2D eigenvalue weighted by Gasteiger charge is -2.24. The number of sulfone groups is 1. The summed E-state index contributed by atoms with van der Waals surface area (Å²) >= 11 is 3.30. The fourth-order valence-electron chi connectivity index (χ4n) is 2.72. The molecule has 0 aliphatic heterocycles. The van der Waals surface area contributed by atoms with Gasteiger partial charge >= 0.3 is 5.69 Å². The molecule has 0 amide bonds. The van der Waals surface area contributed by atoms with Crippen molar-refractivity contribution in [3.63, 3.8) is 0 Å². The lowest BCUT2D eigenvalue weighted by Crippen LogP contribution is -2.29. The number of nitrogens with zero attached hydrogens (tertiary/aromatic N) is 1. The maximum absolute atomic E-state index is 12.7. The molecule has 0 saturated carbocycles. The quantitative estimate of drug-likeness (QED) is 0.582. The molecule has 27 heavy (non-hydrogen) atoms. The molecule has 0 atom stereocenters. The number of hydrogen-bond acceptors (Lipinski definition) is 5.